The van der Waals surface area contributed by atoms with Gasteiger partial charge in [-0.3, -0.25) is 9.59 Å². The van der Waals surface area contributed by atoms with Crippen molar-refractivity contribution in [2.24, 2.45) is 0 Å². The molecule has 0 bridgehead atoms. The minimum Gasteiger partial charge on any atom is -0.494 e. The monoisotopic (exact) mass is 351 g/mol. The van der Waals surface area contributed by atoms with Crippen LogP contribution in [0.15, 0.2) is 42.5 Å². The fourth-order valence-corrected chi connectivity index (χ4v) is 2.04. The molecule has 0 unspecified atom stereocenters. The fraction of sp³-hybridized carbons (Fsp3) is 0.176. The molecule has 1 amide bonds. The minimum atomic E-state index is -0.633. The third-order valence-electron chi connectivity index (χ3n) is 3.06. The van der Waals surface area contributed by atoms with Crippen LogP contribution in [0.25, 0.3) is 0 Å². The maximum Gasteiger partial charge on any atom is 0.310 e. The molecule has 24 heavy (non-hydrogen) atoms. The summed E-state index contributed by atoms with van der Waals surface area (Å²) in [5.74, 6) is -1.59. The second-order valence-corrected chi connectivity index (χ2v) is 5.30. The Morgan fingerprint density at radius 1 is 1.17 bits per heavy atom. The highest BCUT2D eigenvalue weighted by molar-refractivity contribution is 6.30. The summed E-state index contributed by atoms with van der Waals surface area (Å²) >= 11 is 5.74. The van der Waals surface area contributed by atoms with E-state index < -0.39 is 24.3 Å². The molecule has 0 spiro atoms. The molecule has 0 aromatic heterocycles. The van der Waals surface area contributed by atoms with Crippen molar-refractivity contribution >= 4 is 29.2 Å². The van der Waals surface area contributed by atoms with Gasteiger partial charge in [-0.1, -0.05) is 17.7 Å². The van der Waals surface area contributed by atoms with Gasteiger partial charge in [0.2, 0.25) is 0 Å². The van der Waals surface area contributed by atoms with Gasteiger partial charge in [0.05, 0.1) is 13.5 Å². The summed E-state index contributed by atoms with van der Waals surface area (Å²) in [6.07, 6.45) is -0.144. The predicted octanol–water partition coefficient (Wildman–Crippen LogP) is 3.21. The Morgan fingerprint density at radius 3 is 2.50 bits per heavy atom. The van der Waals surface area contributed by atoms with Crippen LogP contribution in [0.4, 0.5) is 10.1 Å². The van der Waals surface area contributed by atoms with Crippen LogP contribution in [-0.4, -0.2) is 25.6 Å². The summed E-state index contributed by atoms with van der Waals surface area (Å²) in [4.78, 5) is 23.4. The Balaban J connectivity index is 1.81. The molecule has 2 aromatic rings. The van der Waals surface area contributed by atoms with Gasteiger partial charge in [0.25, 0.3) is 5.91 Å². The Kier molecular flexibility index (Phi) is 6.14. The van der Waals surface area contributed by atoms with Gasteiger partial charge in [-0.15, -0.1) is 0 Å². The first-order valence-electron chi connectivity index (χ1n) is 7.01. The number of benzene rings is 2. The maximum atomic E-state index is 13.5. The second-order valence-electron chi connectivity index (χ2n) is 4.86. The van der Waals surface area contributed by atoms with Gasteiger partial charge in [0.1, 0.15) is 0 Å². The number of rotatable bonds is 6. The van der Waals surface area contributed by atoms with E-state index in [-0.39, 0.29) is 12.2 Å². The van der Waals surface area contributed by atoms with Crippen molar-refractivity contribution in [3.05, 3.63) is 58.9 Å². The van der Waals surface area contributed by atoms with Gasteiger partial charge >= 0.3 is 5.97 Å². The molecule has 0 heterocycles. The molecular formula is C17H15ClFNO4. The molecule has 2 aromatic carbocycles. The quantitative estimate of drug-likeness (QED) is 0.812. The lowest BCUT2D eigenvalue weighted by Crippen LogP contribution is -2.21. The van der Waals surface area contributed by atoms with Gasteiger partial charge in [0, 0.05) is 10.7 Å². The van der Waals surface area contributed by atoms with Crippen molar-refractivity contribution in [1.82, 2.24) is 0 Å². The zero-order valence-corrected chi connectivity index (χ0v) is 13.6. The number of carbonyl (C=O) groups excluding carboxylic acids is 2. The van der Waals surface area contributed by atoms with E-state index in [1.165, 1.54) is 19.2 Å². The van der Waals surface area contributed by atoms with E-state index in [4.69, 9.17) is 21.1 Å². The molecule has 7 heteroatoms. The molecule has 0 saturated heterocycles. The van der Waals surface area contributed by atoms with Crippen molar-refractivity contribution < 1.29 is 23.5 Å². The number of nitrogens with one attached hydrogen (secondary N) is 1. The SMILES string of the molecule is COc1ccc(CC(=O)OCC(=O)Nc2ccc(Cl)cc2)cc1F. The van der Waals surface area contributed by atoms with Crippen LogP contribution in [0.1, 0.15) is 5.56 Å². The second kappa shape index (κ2) is 8.31. The number of carbonyl (C=O) groups is 2. The van der Waals surface area contributed by atoms with E-state index in [1.807, 2.05) is 0 Å². The van der Waals surface area contributed by atoms with Crippen LogP contribution in [0.5, 0.6) is 5.75 Å². The number of hydrogen-bond acceptors (Lipinski definition) is 4. The molecular weight excluding hydrogens is 337 g/mol. The highest BCUT2D eigenvalue weighted by atomic mass is 35.5. The van der Waals surface area contributed by atoms with Crippen molar-refractivity contribution in [1.29, 1.82) is 0 Å². The first-order chi connectivity index (χ1) is 11.5. The summed E-state index contributed by atoms with van der Waals surface area (Å²) in [6, 6.07) is 10.7. The molecule has 2 rings (SSSR count). The predicted molar refractivity (Wildman–Crippen MR) is 87.7 cm³/mol. The molecule has 0 radical (unpaired) electrons. The smallest absolute Gasteiger partial charge is 0.310 e. The molecule has 126 valence electrons. The first-order valence-corrected chi connectivity index (χ1v) is 7.39. The largest absolute Gasteiger partial charge is 0.494 e. The lowest BCUT2D eigenvalue weighted by atomic mass is 10.1. The first kappa shape index (κ1) is 17.7. The average molecular weight is 352 g/mol. The van der Waals surface area contributed by atoms with Crippen molar-refractivity contribution in [3.8, 4) is 5.75 Å². The zero-order chi connectivity index (χ0) is 17.5. The Hall–Kier alpha value is -2.60. The molecule has 0 fully saturated rings. The minimum absolute atomic E-state index is 0.0921. The number of hydrogen-bond donors (Lipinski definition) is 1. The number of methoxy groups -OCH3 is 1. The Morgan fingerprint density at radius 2 is 1.88 bits per heavy atom. The standard InChI is InChI=1S/C17H15ClFNO4/c1-23-15-7-2-11(8-14(15)19)9-17(22)24-10-16(21)20-13-5-3-12(18)4-6-13/h2-8H,9-10H2,1H3,(H,20,21). The highest BCUT2D eigenvalue weighted by Gasteiger charge is 2.11. The number of anilines is 1. The fourth-order valence-electron chi connectivity index (χ4n) is 1.91. The van der Waals surface area contributed by atoms with Crippen molar-refractivity contribution in [3.63, 3.8) is 0 Å². The van der Waals surface area contributed by atoms with E-state index in [2.05, 4.69) is 5.32 Å². The molecule has 0 aliphatic carbocycles. The van der Waals surface area contributed by atoms with Crippen LogP contribution < -0.4 is 10.1 Å². The lowest BCUT2D eigenvalue weighted by molar-refractivity contribution is -0.146. The van der Waals surface area contributed by atoms with E-state index in [1.54, 1.807) is 30.3 Å². The number of halogens is 2. The van der Waals surface area contributed by atoms with Gasteiger partial charge in [-0.05, 0) is 42.0 Å². The molecule has 5 nitrogen and oxygen atoms in total. The van der Waals surface area contributed by atoms with Crippen LogP contribution in [0.2, 0.25) is 5.02 Å². The molecule has 0 aliphatic rings. The normalized spacial score (nSPS) is 10.1. The average Bonchev–Trinajstić information content (AvgIpc) is 2.55. The lowest BCUT2D eigenvalue weighted by Gasteiger charge is -2.07. The van der Waals surface area contributed by atoms with Crippen molar-refractivity contribution in [2.75, 3.05) is 19.0 Å². The van der Waals surface area contributed by atoms with Crippen LogP contribution in [0, 0.1) is 5.82 Å². The third kappa shape index (κ3) is 5.24. The van der Waals surface area contributed by atoms with Gasteiger partial charge in [0.15, 0.2) is 18.2 Å². The topological polar surface area (TPSA) is 64.6 Å². The van der Waals surface area contributed by atoms with Gasteiger partial charge in [-0.2, -0.15) is 0 Å². The van der Waals surface area contributed by atoms with E-state index >= 15 is 0 Å². The summed E-state index contributed by atoms with van der Waals surface area (Å²) < 4.78 is 23.2. The van der Waals surface area contributed by atoms with Crippen molar-refractivity contribution in [2.45, 2.75) is 6.42 Å². The number of ether oxygens (including phenoxy) is 2. The van der Waals surface area contributed by atoms with E-state index in [9.17, 15) is 14.0 Å². The molecule has 0 saturated carbocycles. The third-order valence-corrected chi connectivity index (χ3v) is 3.31. The summed E-state index contributed by atoms with van der Waals surface area (Å²) in [5.41, 5.74) is 0.967. The van der Waals surface area contributed by atoms with Crippen LogP contribution >= 0.6 is 11.6 Å². The molecule has 1 N–H and O–H groups in total. The molecule has 0 aliphatic heterocycles. The highest BCUT2D eigenvalue weighted by Crippen LogP contribution is 2.18. The van der Waals surface area contributed by atoms with Crippen LogP contribution in [0.3, 0.4) is 0 Å². The van der Waals surface area contributed by atoms with Gasteiger partial charge in [-0.25, -0.2) is 4.39 Å². The maximum absolute atomic E-state index is 13.5. The zero-order valence-electron chi connectivity index (χ0n) is 12.8. The number of amides is 1. The number of esters is 1. The summed E-state index contributed by atoms with van der Waals surface area (Å²) in [7, 11) is 1.35. The summed E-state index contributed by atoms with van der Waals surface area (Å²) in [6.45, 7) is -0.430. The van der Waals surface area contributed by atoms with E-state index in [0.717, 1.165) is 0 Å². The Labute approximate surface area is 143 Å². The Bertz CT molecular complexity index is 734. The van der Waals surface area contributed by atoms with Gasteiger partial charge < -0.3 is 14.8 Å². The summed E-state index contributed by atoms with van der Waals surface area (Å²) in [5, 5.41) is 3.11. The van der Waals surface area contributed by atoms with E-state index in [0.29, 0.717) is 16.3 Å². The molecule has 0 atom stereocenters. The van der Waals surface area contributed by atoms with Crippen LogP contribution in [-0.2, 0) is 20.7 Å².